The van der Waals surface area contributed by atoms with Crippen LogP contribution in [0, 0.1) is 20.8 Å². The van der Waals surface area contributed by atoms with Crippen molar-refractivity contribution < 1.29 is 12.8 Å². The quantitative estimate of drug-likeness (QED) is 0.862. The standard InChI is InChI=1S/C14H17BrN2O3S/c1-8-4-11(15)6-12(5-8)17-21(18,19)14-10(3)20-9(2)13(14)7-16/h4-6,17H,7,16H2,1-3H3. The second-order valence-corrected chi connectivity index (χ2v) is 7.38. The van der Waals surface area contributed by atoms with Crippen molar-refractivity contribution in [3.05, 3.63) is 45.3 Å². The van der Waals surface area contributed by atoms with Crippen LogP contribution in [-0.2, 0) is 16.6 Å². The van der Waals surface area contributed by atoms with Crippen LogP contribution in [0.5, 0.6) is 0 Å². The molecule has 114 valence electrons. The van der Waals surface area contributed by atoms with Crippen molar-refractivity contribution in [3.63, 3.8) is 0 Å². The first-order chi connectivity index (χ1) is 9.74. The summed E-state index contributed by atoms with van der Waals surface area (Å²) >= 11 is 3.35. The van der Waals surface area contributed by atoms with Gasteiger partial charge in [-0.2, -0.15) is 0 Å². The first kappa shape index (κ1) is 16.1. The average molecular weight is 373 g/mol. The Bertz CT molecular complexity index is 762. The number of aryl methyl sites for hydroxylation is 3. The molecule has 0 aliphatic rings. The van der Waals surface area contributed by atoms with E-state index in [1.807, 2.05) is 13.0 Å². The van der Waals surface area contributed by atoms with Crippen LogP contribution < -0.4 is 10.5 Å². The summed E-state index contributed by atoms with van der Waals surface area (Å²) in [5.41, 5.74) is 7.58. The first-order valence-electron chi connectivity index (χ1n) is 6.33. The molecule has 0 atom stereocenters. The zero-order valence-corrected chi connectivity index (χ0v) is 14.4. The first-order valence-corrected chi connectivity index (χ1v) is 8.61. The SMILES string of the molecule is Cc1cc(Br)cc(NS(=O)(=O)c2c(C)oc(C)c2CN)c1. The fourth-order valence-corrected chi connectivity index (χ4v) is 4.41. The lowest BCUT2D eigenvalue weighted by molar-refractivity contribution is 0.494. The van der Waals surface area contributed by atoms with Crippen molar-refractivity contribution in [3.8, 4) is 0 Å². The van der Waals surface area contributed by atoms with E-state index in [9.17, 15) is 8.42 Å². The molecule has 0 saturated carbocycles. The highest BCUT2D eigenvalue weighted by molar-refractivity contribution is 9.10. The lowest BCUT2D eigenvalue weighted by Crippen LogP contribution is -2.16. The van der Waals surface area contributed by atoms with E-state index in [4.69, 9.17) is 10.2 Å². The summed E-state index contributed by atoms with van der Waals surface area (Å²) in [4.78, 5) is 0.125. The zero-order chi connectivity index (χ0) is 15.8. The number of nitrogens with one attached hydrogen (secondary N) is 1. The number of rotatable bonds is 4. The fourth-order valence-electron chi connectivity index (χ4n) is 2.30. The Hall–Kier alpha value is -1.31. The van der Waals surface area contributed by atoms with E-state index in [1.165, 1.54) is 0 Å². The maximum atomic E-state index is 12.6. The third-order valence-electron chi connectivity index (χ3n) is 3.09. The Labute approximate surface area is 132 Å². The third-order valence-corrected chi connectivity index (χ3v) is 5.13. The molecule has 0 unspecified atom stereocenters. The van der Waals surface area contributed by atoms with Gasteiger partial charge < -0.3 is 10.2 Å². The van der Waals surface area contributed by atoms with Gasteiger partial charge in [0.15, 0.2) is 0 Å². The van der Waals surface area contributed by atoms with Crippen LogP contribution in [0.1, 0.15) is 22.6 Å². The molecule has 2 rings (SSSR count). The van der Waals surface area contributed by atoms with E-state index in [0.717, 1.165) is 10.0 Å². The Balaban J connectivity index is 2.48. The Morgan fingerprint density at radius 2 is 1.86 bits per heavy atom. The van der Waals surface area contributed by atoms with Crippen molar-refractivity contribution >= 4 is 31.6 Å². The van der Waals surface area contributed by atoms with Gasteiger partial charge in [-0.1, -0.05) is 15.9 Å². The molecule has 0 fully saturated rings. The monoisotopic (exact) mass is 372 g/mol. The molecule has 1 heterocycles. The van der Waals surface area contributed by atoms with Gasteiger partial charge in [-0.25, -0.2) is 8.42 Å². The average Bonchev–Trinajstić information content (AvgIpc) is 2.61. The number of halogens is 1. The molecular formula is C14H17BrN2O3S. The summed E-state index contributed by atoms with van der Waals surface area (Å²) in [5.74, 6) is 0.868. The van der Waals surface area contributed by atoms with Gasteiger partial charge in [0.05, 0.1) is 5.69 Å². The van der Waals surface area contributed by atoms with Gasteiger partial charge in [-0.05, 0) is 44.5 Å². The van der Waals surface area contributed by atoms with Crippen molar-refractivity contribution in [1.82, 2.24) is 0 Å². The lowest BCUT2D eigenvalue weighted by atomic mass is 10.2. The minimum Gasteiger partial charge on any atom is -0.465 e. The number of hydrogen-bond donors (Lipinski definition) is 2. The molecule has 0 aliphatic heterocycles. The van der Waals surface area contributed by atoms with Crippen molar-refractivity contribution in [2.24, 2.45) is 5.73 Å². The molecule has 21 heavy (non-hydrogen) atoms. The van der Waals surface area contributed by atoms with Crippen LogP contribution in [0.15, 0.2) is 32.0 Å². The smallest absolute Gasteiger partial charge is 0.265 e. The third kappa shape index (κ3) is 3.30. The van der Waals surface area contributed by atoms with E-state index in [0.29, 0.717) is 22.8 Å². The summed E-state index contributed by atoms with van der Waals surface area (Å²) in [6.45, 7) is 5.32. The number of hydrogen-bond acceptors (Lipinski definition) is 4. The fraction of sp³-hybridized carbons (Fsp3) is 0.286. The highest BCUT2D eigenvalue weighted by Gasteiger charge is 2.26. The van der Waals surface area contributed by atoms with E-state index in [1.54, 1.807) is 26.0 Å². The van der Waals surface area contributed by atoms with E-state index >= 15 is 0 Å². The summed E-state index contributed by atoms with van der Waals surface area (Å²) in [6, 6.07) is 5.36. The molecule has 0 spiro atoms. The van der Waals surface area contributed by atoms with Gasteiger partial charge in [0, 0.05) is 16.6 Å². The predicted molar refractivity (Wildman–Crippen MR) is 85.8 cm³/mol. The van der Waals surface area contributed by atoms with Crippen LogP contribution >= 0.6 is 15.9 Å². The minimum atomic E-state index is -3.74. The molecule has 0 aliphatic carbocycles. The number of anilines is 1. The molecule has 5 nitrogen and oxygen atoms in total. The molecule has 0 bridgehead atoms. The van der Waals surface area contributed by atoms with E-state index < -0.39 is 10.0 Å². The molecule has 0 saturated heterocycles. The minimum absolute atomic E-state index is 0.108. The summed E-state index contributed by atoms with van der Waals surface area (Å²) in [6.07, 6.45) is 0. The Morgan fingerprint density at radius 1 is 1.19 bits per heavy atom. The topological polar surface area (TPSA) is 85.3 Å². The Morgan fingerprint density at radius 3 is 2.43 bits per heavy atom. The normalized spacial score (nSPS) is 11.7. The molecule has 7 heteroatoms. The van der Waals surface area contributed by atoms with Gasteiger partial charge in [-0.3, -0.25) is 4.72 Å². The summed E-state index contributed by atoms with van der Waals surface area (Å²) < 4.78 is 34.0. The Kier molecular flexibility index (Phi) is 4.46. The van der Waals surface area contributed by atoms with Crippen LogP contribution in [0.2, 0.25) is 0 Å². The molecular weight excluding hydrogens is 356 g/mol. The predicted octanol–water partition coefficient (Wildman–Crippen LogP) is 3.23. The van der Waals surface area contributed by atoms with Gasteiger partial charge in [0.1, 0.15) is 16.4 Å². The largest absolute Gasteiger partial charge is 0.465 e. The summed E-state index contributed by atoms with van der Waals surface area (Å²) in [7, 11) is -3.74. The molecule has 2 aromatic rings. The molecule has 3 N–H and O–H groups in total. The van der Waals surface area contributed by atoms with Crippen molar-refractivity contribution in [2.75, 3.05) is 4.72 Å². The molecule has 1 aromatic heterocycles. The van der Waals surface area contributed by atoms with Crippen molar-refractivity contribution in [2.45, 2.75) is 32.2 Å². The van der Waals surface area contributed by atoms with Crippen LogP contribution in [0.4, 0.5) is 5.69 Å². The van der Waals surface area contributed by atoms with Gasteiger partial charge in [0.2, 0.25) is 0 Å². The van der Waals surface area contributed by atoms with Crippen molar-refractivity contribution in [1.29, 1.82) is 0 Å². The summed E-state index contributed by atoms with van der Waals surface area (Å²) in [5, 5.41) is 0. The maximum Gasteiger partial charge on any atom is 0.265 e. The van der Waals surface area contributed by atoms with Crippen LogP contribution in [-0.4, -0.2) is 8.42 Å². The van der Waals surface area contributed by atoms with Gasteiger partial charge >= 0.3 is 0 Å². The highest BCUT2D eigenvalue weighted by Crippen LogP contribution is 2.29. The zero-order valence-electron chi connectivity index (χ0n) is 12.0. The number of sulfonamides is 1. The highest BCUT2D eigenvalue weighted by atomic mass is 79.9. The molecule has 0 radical (unpaired) electrons. The lowest BCUT2D eigenvalue weighted by Gasteiger charge is -2.10. The van der Waals surface area contributed by atoms with E-state index in [-0.39, 0.29) is 11.4 Å². The van der Waals surface area contributed by atoms with Crippen LogP contribution in [0.25, 0.3) is 0 Å². The van der Waals surface area contributed by atoms with E-state index in [2.05, 4.69) is 20.7 Å². The number of benzene rings is 1. The van der Waals surface area contributed by atoms with Gasteiger partial charge in [0.25, 0.3) is 10.0 Å². The van der Waals surface area contributed by atoms with Crippen LogP contribution in [0.3, 0.4) is 0 Å². The number of furan rings is 1. The molecule has 1 aromatic carbocycles. The molecule has 0 amide bonds. The van der Waals surface area contributed by atoms with Gasteiger partial charge in [-0.15, -0.1) is 0 Å². The second-order valence-electron chi connectivity index (χ2n) is 4.85. The number of nitrogens with two attached hydrogens (primary N) is 1. The second kappa shape index (κ2) is 5.82. The maximum absolute atomic E-state index is 12.6.